The molecule has 0 atom stereocenters. The molecule has 0 N–H and O–H groups in total. The molecule has 3 nitrogen and oxygen atoms in total. The summed E-state index contributed by atoms with van der Waals surface area (Å²) in [5.41, 5.74) is 0.259. The molecule has 0 radical (unpaired) electrons. The lowest BCUT2D eigenvalue weighted by Gasteiger charge is -2.02. The first kappa shape index (κ1) is 11.1. The monoisotopic (exact) mass is 283 g/mol. The van der Waals surface area contributed by atoms with Crippen molar-refractivity contribution in [2.75, 3.05) is 0 Å². The number of halogens is 2. The van der Waals surface area contributed by atoms with Crippen LogP contribution in [0.5, 0.6) is 0 Å². The Morgan fingerprint density at radius 3 is 2.88 bits per heavy atom. The molecule has 0 amide bonds. The average molecular weight is 284 g/mol. The van der Waals surface area contributed by atoms with Crippen molar-refractivity contribution in [3.63, 3.8) is 0 Å². The van der Waals surface area contributed by atoms with Gasteiger partial charge in [0.05, 0.1) is 4.99 Å². The maximum atomic E-state index is 13.1. The van der Waals surface area contributed by atoms with Crippen LogP contribution in [0.1, 0.15) is 18.4 Å². The number of nitrogens with zero attached hydrogens (tertiary/aromatic N) is 2. The van der Waals surface area contributed by atoms with Gasteiger partial charge in [0.2, 0.25) is 6.20 Å². The van der Waals surface area contributed by atoms with Crippen molar-refractivity contribution in [1.82, 2.24) is 0 Å². The summed E-state index contributed by atoms with van der Waals surface area (Å²) in [7, 11) is 0. The van der Waals surface area contributed by atoms with Gasteiger partial charge >= 0.3 is 6.20 Å². The van der Waals surface area contributed by atoms with Crippen LogP contribution in [0.4, 0.5) is 4.39 Å². The average Bonchev–Trinajstić information content (AvgIpc) is 2.98. The van der Waals surface area contributed by atoms with Gasteiger partial charge < -0.3 is 5.21 Å². The molecule has 1 heterocycles. The zero-order chi connectivity index (χ0) is 11.6. The van der Waals surface area contributed by atoms with Gasteiger partial charge in [0, 0.05) is 5.56 Å². The Morgan fingerprint density at radius 1 is 1.56 bits per heavy atom. The van der Waals surface area contributed by atoms with E-state index in [1.807, 2.05) is 0 Å². The molecule has 1 aromatic heterocycles. The fourth-order valence-electron chi connectivity index (χ4n) is 1.56. The van der Waals surface area contributed by atoms with Gasteiger partial charge in [-0.1, -0.05) is 15.9 Å². The van der Waals surface area contributed by atoms with Crippen molar-refractivity contribution < 1.29 is 9.12 Å². The van der Waals surface area contributed by atoms with E-state index in [2.05, 4.69) is 26.8 Å². The molecule has 0 aliphatic heterocycles. The van der Waals surface area contributed by atoms with Gasteiger partial charge in [0.1, 0.15) is 5.41 Å². The third kappa shape index (κ3) is 2.22. The van der Waals surface area contributed by atoms with Crippen molar-refractivity contribution in [2.24, 2.45) is 0 Å². The van der Waals surface area contributed by atoms with E-state index >= 15 is 0 Å². The normalized spacial score (nSPS) is 16.9. The summed E-state index contributed by atoms with van der Waals surface area (Å²) in [4.78, 5) is 5.56. The topological polar surface area (TPSA) is 31.3 Å². The minimum Gasteiger partial charge on any atom is -0.619 e. The van der Waals surface area contributed by atoms with Crippen LogP contribution in [0.15, 0.2) is 29.6 Å². The predicted octanol–water partition coefficient (Wildman–Crippen LogP) is 2.69. The van der Waals surface area contributed by atoms with Gasteiger partial charge in [-0.25, -0.2) is 4.39 Å². The highest BCUT2D eigenvalue weighted by molar-refractivity contribution is 9.11. The molecule has 2 rings (SSSR count). The lowest BCUT2D eigenvalue weighted by atomic mass is 10.00. The molecule has 0 aromatic carbocycles. The molecule has 1 aromatic rings. The highest BCUT2D eigenvalue weighted by Gasteiger charge is 2.50. The third-order valence-corrected chi connectivity index (χ3v) is 2.76. The number of hydrogen-bond donors (Lipinski definition) is 0. The number of pyridine rings is 1. The van der Waals surface area contributed by atoms with Crippen LogP contribution in [0.25, 0.3) is 4.85 Å². The second-order valence-electron chi connectivity index (χ2n) is 3.70. The van der Waals surface area contributed by atoms with E-state index in [9.17, 15) is 9.60 Å². The van der Waals surface area contributed by atoms with E-state index in [1.165, 1.54) is 12.3 Å². The Balaban J connectivity index is 2.34. The van der Waals surface area contributed by atoms with Gasteiger partial charge in [-0.05, 0) is 23.8 Å². The molecular formula is C11H9BrFN2O+. The van der Waals surface area contributed by atoms with E-state index in [-0.39, 0.29) is 5.41 Å². The van der Waals surface area contributed by atoms with Crippen LogP contribution in [0.3, 0.4) is 0 Å². The van der Waals surface area contributed by atoms with Crippen molar-refractivity contribution in [3.05, 3.63) is 51.1 Å². The Labute approximate surface area is 101 Å². The summed E-state index contributed by atoms with van der Waals surface area (Å²) in [6, 6.07) is 4.29. The van der Waals surface area contributed by atoms with E-state index in [1.54, 1.807) is 11.2 Å². The Hall–Kier alpha value is -1.41. The molecule has 1 fully saturated rings. The lowest BCUT2D eigenvalue weighted by molar-refractivity contribution is -0.607. The van der Waals surface area contributed by atoms with E-state index in [0.29, 0.717) is 10.3 Å². The summed E-state index contributed by atoms with van der Waals surface area (Å²) in [5, 5.41) is 11.1. The Bertz CT molecular complexity index is 480. The highest BCUT2D eigenvalue weighted by Crippen LogP contribution is 2.47. The maximum absolute atomic E-state index is 13.1. The summed E-state index contributed by atoms with van der Waals surface area (Å²) in [6.07, 6.45) is 5.50. The van der Waals surface area contributed by atoms with Crippen LogP contribution in [0, 0.1) is 17.1 Å². The minimum atomic E-state index is -0.531. The van der Waals surface area contributed by atoms with Crippen molar-refractivity contribution in [2.45, 2.75) is 18.3 Å². The summed E-state index contributed by atoms with van der Waals surface area (Å²) < 4.78 is 13.6. The van der Waals surface area contributed by atoms with Crippen molar-refractivity contribution in [3.8, 4) is 6.07 Å². The van der Waals surface area contributed by atoms with Crippen LogP contribution in [-0.4, -0.2) is 0 Å². The largest absolute Gasteiger partial charge is 0.619 e. The van der Waals surface area contributed by atoms with E-state index in [0.717, 1.165) is 19.0 Å². The predicted molar refractivity (Wildman–Crippen MR) is 61.6 cm³/mol. The quantitative estimate of drug-likeness (QED) is 0.576. The summed E-state index contributed by atoms with van der Waals surface area (Å²) >= 11 is 3.09. The molecule has 0 saturated heterocycles. The molecular weight excluding hydrogens is 275 g/mol. The molecule has 0 spiro atoms. The second kappa shape index (κ2) is 4.22. The zero-order valence-electron chi connectivity index (χ0n) is 8.36. The van der Waals surface area contributed by atoms with Crippen molar-refractivity contribution >= 4 is 15.9 Å². The zero-order valence-corrected chi connectivity index (χ0v) is 9.95. The van der Waals surface area contributed by atoms with Gasteiger partial charge in [0.15, 0.2) is 12.0 Å². The van der Waals surface area contributed by atoms with Gasteiger partial charge in [-0.3, -0.25) is 0 Å². The van der Waals surface area contributed by atoms with Crippen LogP contribution >= 0.6 is 15.9 Å². The van der Waals surface area contributed by atoms with Crippen LogP contribution in [0.2, 0.25) is 0 Å². The Morgan fingerprint density at radius 2 is 2.31 bits per heavy atom. The number of rotatable bonds is 1. The highest BCUT2D eigenvalue weighted by atomic mass is 79.9. The first-order chi connectivity index (χ1) is 7.66. The SMILES string of the molecule is [O-][n+]1cc(F)cc(C2(C#[N+]/C=C/Br)CC2)c1. The fraction of sp³-hybridized carbons (Fsp3) is 0.273. The van der Waals surface area contributed by atoms with Gasteiger partial charge in [-0.2, -0.15) is 4.73 Å². The smallest absolute Gasteiger partial charge is 0.312 e. The Kier molecular flexibility index (Phi) is 2.92. The number of hydrogen-bond acceptors (Lipinski definition) is 1. The van der Waals surface area contributed by atoms with Crippen LogP contribution < -0.4 is 4.73 Å². The summed E-state index contributed by atoms with van der Waals surface area (Å²) in [6.45, 7) is 0. The molecule has 82 valence electrons. The molecule has 1 aliphatic rings. The molecule has 16 heavy (non-hydrogen) atoms. The van der Waals surface area contributed by atoms with E-state index < -0.39 is 5.82 Å². The summed E-state index contributed by atoms with van der Waals surface area (Å²) in [5.74, 6) is -0.531. The molecule has 0 unspecified atom stereocenters. The maximum Gasteiger partial charge on any atom is 0.312 e. The third-order valence-electron chi connectivity index (χ3n) is 2.52. The van der Waals surface area contributed by atoms with Crippen molar-refractivity contribution in [1.29, 1.82) is 0 Å². The molecule has 1 aliphatic carbocycles. The molecule has 5 heteroatoms. The lowest BCUT2D eigenvalue weighted by Crippen LogP contribution is -2.27. The second-order valence-corrected chi connectivity index (χ2v) is 4.23. The molecule has 0 bridgehead atoms. The first-order valence-electron chi connectivity index (χ1n) is 4.78. The van der Waals surface area contributed by atoms with E-state index in [4.69, 9.17) is 0 Å². The number of aromatic nitrogens is 1. The van der Waals surface area contributed by atoms with Gasteiger partial charge in [0.25, 0.3) is 6.07 Å². The first-order valence-corrected chi connectivity index (χ1v) is 5.70. The van der Waals surface area contributed by atoms with Gasteiger partial charge in [-0.15, -0.1) is 0 Å². The fourth-order valence-corrected chi connectivity index (χ4v) is 1.68. The minimum absolute atomic E-state index is 0.374. The standard InChI is InChI=1S/C11H9BrFN2O/c12-3-4-14-8-11(1-2-11)9-5-10(13)7-15(16)6-9/h3-7H,1-2H2/q+1/b4-3+. The molecule has 1 saturated carbocycles. The van der Waals surface area contributed by atoms with Crippen LogP contribution in [-0.2, 0) is 5.41 Å².